The van der Waals surface area contributed by atoms with E-state index >= 15 is 0 Å². The van der Waals surface area contributed by atoms with Gasteiger partial charge in [-0.3, -0.25) is 4.79 Å². The molecule has 0 heterocycles. The molecular weight excluding hydrogens is 252 g/mol. The Morgan fingerprint density at radius 2 is 1.94 bits per heavy atom. The van der Waals surface area contributed by atoms with E-state index in [-0.39, 0.29) is 18.3 Å². The third-order valence-electron chi connectivity index (χ3n) is 2.27. The Hall–Kier alpha value is -1.26. The summed E-state index contributed by atoms with van der Waals surface area (Å²) in [4.78, 5) is 11.4. The maximum atomic E-state index is 11.4. The van der Waals surface area contributed by atoms with Crippen LogP contribution in [-0.4, -0.2) is 32.7 Å². The zero-order chi connectivity index (χ0) is 12.3. The van der Waals surface area contributed by atoms with Crippen LogP contribution in [0.1, 0.15) is 12.8 Å². The molecule has 0 aliphatic heterocycles. The number of amides is 1. The Bertz CT molecular complexity index is 320. The molecule has 0 spiro atoms. The van der Waals surface area contributed by atoms with Crippen molar-refractivity contribution in [3.05, 3.63) is 30.3 Å². The van der Waals surface area contributed by atoms with E-state index in [9.17, 15) is 4.79 Å². The maximum absolute atomic E-state index is 11.4. The van der Waals surface area contributed by atoms with Crippen molar-refractivity contribution in [2.75, 3.05) is 26.7 Å². The average Bonchev–Trinajstić information content (AvgIpc) is 2.36. The summed E-state index contributed by atoms with van der Waals surface area (Å²) in [6.45, 7) is 2.05. The predicted molar refractivity (Wildman–Crippen MR) is 75.4 cm³/mol. The molecule has 1 amide bonds. The van der Waals surface area contributed by atoms with Gasteiger partial charge in [0.1, 0.15) is 5.75 Å². The molecule has 0 saturated carbocycles. The summed E-state index contributed by atoms with van der Waals surface area (Å²) in [5, 5.41) is 5.87. The predicted octanol–water partition coefficient (Wildman–Crippen LogP) is 1.60. The van der Waals surface area contributed by atoms with Gasteiger partial charge in [-0.25, -0.2) is 0 Å². The fraction of sp³-hybridized carbons (Fsp3) is 0.462. The lowest BCUT2D eigenvalue weighted by atomic mass is 10.3. The summed E-state index contributed by atoms with van der Waals surface area (Å²) in [7, 11) is 1.90. The summed E-state index contributed by atoms with van der Waals surface area (Å²) in [5.74, 6) is 0.840. The number of nitrogens with one attached hydrogen (secondary N) is 2. The van der Waals surface area contributed by atoms with E-state index in [1.807, 2.05) is 37.4 Å². The van der Waals surface area contributed by atoms with Crippen molar-refractivity contribution < 1.29 is 9.53 Å². The van der Waals surface area contributed by atoms with Gasteiger partial charge >= 0.3 is 0 Å². The summed E-state index contributed by atoms with van der Waals surface area (Å²) in [6.07, 6.45) is 1.34. The average molecular weight is 273 g/mol. The number of benzene rings is 1. The van der Waals surface area contributed by atoms with Gasteiger partial charge in [-0.15, -0.1) is 12.4 Å². The summed E-state index contributed by atoms with van der Waals surface area (Å²) < 4.78 is 5.43. The lowest BCUT2D eigenvalue weighted by Crippen LogP contribution is -2.27. The highest BCUT2D eigenvalue weighted by atomic mass is 35.5. The Kier molecular flexibility index (Phi) is 10.1. The summed E-state index contributed by atoms with van der Waals surface area (Å²) in [5.41, 5.74) is 0. The molecule has 102 valence electrons. The molecule has 5 heteroatoms. The van der Waals surface area contributed by atoms with Gasteiger partial charge in [0.25, 0.3) is 0 Å². The topological polar surface area (TPSA) is 50.4 Å². The molecule has 2 N–H and O–H groups in total. The van der Waals surface area contributed by atoms with Crippen LogP contribution < -0.4 is 15.4 Å². The van der Waals surface area contributed by atoms with Crippen molar-refractivity contribution in [1.29, 1.82) is 0 Å². The molecule has 0 aliphatic carbocycles. The lowest BCUT2D eigenvalue weighted by molar-refractivity contribution is -0.121. The second-order valence-electron chi connectivity index (χ2n) is 3.72. The van der Waals surface area contributed by atoms with E-state index in [4.69, 9.17) is 4.74 Å². The number of hydrogen-bond donors (Lipinski definition) is 2. The SMILES string of the molecule is CNCCCNC(=O)CCOc1ccccc1.Cl. The third kappa shape index (κ3) is 7.92. The van der Waals surface area contributed by atoms with Gasteiger partial charge in [0.05, 0.1) is 13.0 Å². The molecule has 4 nitrogen and oxygen atoms in total. The molecular formula is C13H21ClN2O2. The Morgan fingerprint density at radius 1 is 1.22 bits per heavy atom. The summed E-state index contributed by atoms with van der Waals surface area (Å²) >= 11 is 0. The quantitative estimate of drug-likeness (QED) is 0.707. The molecule has 0 bridgehead atoms. The van der Waals surface area contributed by atoms with E-state index in [1.165, 1.54) is 0 Å². The fourth-order valence-electron chi connectivity index (χ4n) is 1.36. The van der Waals surface area contributed by atoms with Gasteiger partial charge in [-0.05, 0) is 32.1 Å². The first-order valence-electron chi connectivity index (χ1n) is 5.92. The second kappa shape index (κ2) is 10.9. The van der Waals surface area contributed by atoms with Crippen molar-refractivity contribution in [3.8, 4) is 5.75 Å². The largest absolute Gasteiger partial charge is 0.493 e. The van der Waals surface area contributed by atoms with Gasteiger partial charge in [-0.2, -0.15) is 0 Å². The zero-order valence-corrected chi connectivity index (χ0v) is 11.5. The molecule has 18 heavy (non-hydrogen) atoms. The first-order chi connectivity index (χ1) is 8.33. The van der Waals surface area contributed by atoms with Gasteiger partial charge in [0, 0.05) is 6.54 Å². The van der Waals surface area contributed by atoms with Crippen LogP contribution in [0.4, 0.5) is 0 Å². The maximum Gasteiger partial charge on any atom is 0.223 e. The van der Waals surface area contributed by atoms with Crippen LogP contribution in [-0.2, 0) is 4.79 Å². The van der Waals surface area contributed by atoms with Gasteiger partial charge in [0.15, 0.2) is 0 Å². The Morgan fingerprint density at radius 3 is 2.61 bits per heavy atom. The molecule has 0 fully saturated rings. The minimum absolute atomic E-state index is 0. The van der Waals surface area contributed by atoms with E-state index in [0.717, 1.165) is 18.7 Å². The van der Waals surface area contributed by atoms with Crippen molar-refractivity contribution >= 4 is 18.3 Å². The van der Waals surface area contributed by atoms with E-state index in [0.29, 0.717) is 19.6 Å². The van der Waals surface area contributed by atoms with Crippen molar-refractivity contribution in [2.45, 2.75) is 12.8 Å². The highest BCUT2D eigenvalue weighted by molar-refractivity contribution is 5.85. The first-order valence-corrected chi connectivity index (χ1v) is 5.92. The number of hydrogen-bond acceptors (Lipinski definition) is 3. The van der Waals surface area contributed by atoms with Crippen LogP contribution in [0.25, 0.3) is 0 Å². The molecule has 0 atom stereocenters. The minimum Gasteiger partial charge on any atom is -0.493 e. The van der Waals surface area contributed by atoms with Crippen LogP contribution in [0.3, 0.4) is 0 Å². The van der Waals surface area contributed by atoms with E-state index < -0.39 is 0 Å². The minimum atomic E-state index is 0. The molecule has 0 saturated heterocycles. The van der Waals surface area contributed by atoms with Crippen molar-refractivity contribution in [2.24, 2.45) is 0 Å². The van der Waals surface area contributed by atoms with Gasteiger partial charge < -0.3 is 15.4 Å². The van der Waals surface area contributed by atoms with Crippen LogP contribution in [0.2, 0.25) is 0 Å². The number of carbonyl (C=O) groups excluding carboxylic acids is 1. The van der Waals surface area contributed by atoms with Crippen LogP contribution >= 0.6 is 12.4 Å². The Balaban J connectivity index is 0.00000289. The van der Waals surface area contributed by atoms with Crippen LogP contribution in [0.15, 0.2) is 30.3 Å². The smallest absolute Gasteiger partial charge is 0.223 e. The highest BCUT2D eigenvalue weighted by Gasteiger charge is 2.00. The van der Waals surface area contributed by atoms with Gasteiger partial charge in [-0.1, -0.05) is 18.2 Å². The first kappa shape index (κ1) is 16.7. The van der Waals surface area contributed by atoms with Crippen molar-refractivity contribution in [3.63, 3.8) is 0 Å². The lowest BCUT2D eigenvalue weighted by Gasteiger charge is -2.07. The number of para-hydroxylation sites is 1. The molecule has 1 aromatic carbocycles. The summed E-state index contributed by atoms with van der Waals surface area (Å²) in [6, 6.07) is 9.51. The van der Waals surface area contributed by atoms with Gasteiger partial charge in [0.2, 0.25) is 5.91 Å². The van der Waals surface area contributed by atoms with E-state index in [1.54, 1.807) is 0 Å². The number of halogens is 1. The highest BCUT2D eigenvalue weighted by Crippen LogP contribution is 2.08. The monoisotopic (exact) mass is 272 g/mol. The molecule has 1 aromatic rings. The zero-order valence-electron chi connectivity index (χ0n) is 10.6. The standard InChI is InChI=1S/C13H20N2O2.ClH/c1-14-9-5-10-15-13(16)8-11-17-12-6-3-2-4-7-12;/h2-4,6-7,14H,5,8-11H2,1H3,(H,15,16);1H. The van der Waals surface area contributed by atoms with Crippen molar-refractivity contribution in [1.82, 2.24) is 10.6 Å². The molecule has 0 radical (unpaired) electrons. The normalized spacial score (nSPS) is 9.39. The van der Waals surface area contributed by atoms with Crippen LogP contribution in [0, 0.1) is 0 Å². The van der Waals surface area contributed by atoms with Crippen LogP contribution in [0.5, 0.6) is 5.75 Å². The molecule has 1 rings (SSSR count). The number of ether oxygens (including phenoxy) is 1. The van der Waals surface area contributed by atoms with E-state index in [2.05, 4.69) is 10.6 Å². The molecule has 0 aliphatic rings. The third-order valence-corrected chi connectivity index (χ3v) is 2.27. The second-order valence-corrected chi connectivity index (χ2v) is 3.72. The number of carbonyl (C=O) groups is 1. The molecule has 0 unspecified atom stereocenters. The Labute approximate surface area is 115 Å². The molecule has 0 aromatic heterocycles. The number of rotatable bonds is 8. The fourth-order valence-corrected chi connectivity index (χ4v) is 1.36.